The van der Waals surface area contributed by atoms with Crippen LogP contribution in [-0.4, -0.2) is 16.3 Å². The molecule has 0 saturated heterocycles. The molecule has 0 aromatic rings. The summed E-state index contributed by atoms with van der Waals surface area (Å²) in [6.45, 7) is 0.690. The summed E-state index contributed by atoms with van der Waals surface area (Å²) >= 11 is 0. The maximum absolute atomic E-state index is 9.77. The van der Waals surface area contributed by atoms with Gasteiger partial charge in [-0.15, -0.1) is 0 Å². The summed E-state index contributed by atoms with van der Waals surface area (Å²) in [6, 6.07) is 0.872. The average molecular weight is 104 g/mol. The van der Waals surface area contributed by atoms with Gasteiger partial charge in [0.25, 0.3) is 0 Å². The van der Waals surface area contributed by atoms with Crippen LogP contribution >= 0.6 is 0 Å². The van der Waals surface area contributed by atoms with E-state index in [9.17, 15) is 4.80 Å². The number of nitrogens with two attached hydrogens (primary N) is 1. The topological polar surface area (TPSA) is 45.9 Å². The highest BCUT2D eigenvalue weighted by molar-refractivity contribution is 6.24. The fourth-order valence-corrected chi connectivity index (χ4v) is 0.739. The van der Waals surface area contributed by atoms with Crippen molar-refractivity contribution in [3.05, 3.63) is 0 Å². The van der Waals surface area contributed by atoms with Gasteiger partial charge in [-0.05, 0) is 19.0 Å². The van der Waals surface area contributed by atoms with Gasteiger partial charge in [-0.3, -0.25) is 0 Å². The van der Waals surface area contributed by atoms with E-state index in [-0.39, 0.29) is 0 Å². The van der Waals surface area contributed by atoms with Crippen molar-refractivity contribution >= 4 is 9.76 Å². The van der Waals surface area contributed by atoms with E-state index in [1.54, 1.807) is 0 Å². The monoisotopic (exact) mass is 104 g/mol. The lowest BCUT2D eigenvalue weighted by atomic mass is 10.5. The fourth-order valence-electron chi connectivity index (χ4n) is 0.246. The third kappa shape index (κ3) is 4.14. The summed E-state index contributed by atoms with van der Waals surface area (Å²) in [4.78, 5) is 9.77. The Labute approximate surface area is 40.3 Å². The smallest absolute Gasteiger partial charge is 0.207 e. The second kappa shape index (κ2) is 5.14. The minimum absolute atomic E-state index is 0.690. The minimum Gasteiger partial charge on any atom is -0.330 e. The predicted octanol–water partition coefficient (Wildman–Crippen LogP) is -0.732. The summed E-state index contributed by atoms with van der Waals surface area (Å²) in [5.74, 6) is 0. The standard InChI is InChI=1S/C3H10NOSi/c4-2-1-3-6-5/h1-4,6H2. The molecule has 0 aliphatic carbocycles. The number of hydrogen-bond donors (Lipinski definition) is 1. The van der Waals surface area contributed by atoms with E-state index in [2.05, 4.69) is 0 Å². The van der Waals surface area contributed by atoms with Crippen molar-refractivity contribution in [2.75, 3.05) is 6.54 Å². The molecule has 0 amide bonds. The van der Waals surface area contributed by atoms with Gasteiger partial charge < -0.3 is 10.5 Å². The molecule has 6 heavy (non-hydrogen) atoms. The summed E-state index contributed by atoms with van der Waals surface area (Å²) in [5, 5.41) is 0. The first kappa shape index (κ1) is 6.14. The van der Waals surface area contributed by atoms with Crippen molar-refractivity contribution < 1.29 is 4.80 Å². The van der Waals surface area contributed by atoms with Gasteiger partial charge in [0.15, 0.2) is 0 Å². The van der Waals surface area contributed by atoms with E-state index >= 15 is 0 Å². The summed E-state index contributed by atoms with van der Waals surface area (Å²) in [6.07, 6.45) is 0.940. The molecule has 0 spiro atoms. The molecule has 0 saturated carbocycles. The molecule has 2 nitrogen and oxygen atoms in total. The first-order valence-electron chi connectivity index (χ1n) is 2.20. The van der Waals surface area contributed by atoms with Crippen molar-refractivity contribution in [2.45, 2.75) is 12.5 Å². The molecular weight excluding hydrogens is 94.1 g/mol. The molecule has 0 rings (SSSR count). The highest BCUT2D eigenvalue weighted by atomic mass is 28.2. The van der Waals surface area contributed by atoms with Crippen LogP contribution in [0, 0.1) is 0 Å². The molecule has 0 heterocycles. The van der Waals surface area contributed by atoms with Gasteiger partial charge in [-0.1, -0.05) is 0 Å². The number of rotatable bonds is 3. The Morgan fingerprint density at radius 3 is 2.50 bits per heavy atom. The Morgan fingerprint density at radius 2 is 2.33 bits per heavy atom. The molecule has 0 aliphatic heterocycles. The largest absolute Gasteiger partial charge is 0.330 e. The molecule has 0 atom stereocenters. The van der Waals surface area contributed by atoms with E-state index in [1.165, 1.54) is 0 Å². The van der Waals surface area contributed by atoms with Crippen LogP contribution in [0.4, 0.5) is 0 Å². The van der Waals surface area contributed by atoms with E-state index in [1.807, 2.05) is 0 Å². The summed E-state index contributed by atoms with van der Waals surface area (Å²) < 4.78 is 0. The summed E-state index contributed by atoms with van der Waals surface area (Å²) in [5.41, 5.74) is 5.10. The second-order valence-electron chi connectivity index (χ2n) is 1.20. The van der Waals surface area contributed by atoms with Gasteiger partial charge in [-0.25, -0.2) is 0 Å². The zero-order valence-corrected chi connectivity index (χ0v) is 5.23. The van der Waals surface area contributed by atoms with Crippen LogP contribution in [0.15, 0.2) is 0 Å². The van der Waals surface area contributed by atoms with Crippen molar-refractivity contribution in [2.24, 2.45) is 5.73 Å². The lowest BCUT2D eigenvalue weighted by Crippen LogP contribution is -1.98. The first-order valence-corrected chi connectivity index (χ1v) is 3.77. The molecule has 0 aromatic carbocycles. The fraction of sp³-hybridized carbons (Fsp3) is 1.00. The SMILES string of the molecule is NCCC[SiH2][O]. The molecule has 1 radical (unpaired) electrons. The first-order chi connectivity index (χ1) is 2.91. The van der Waals surface area contributed by atoms with E-state index in [0.717, 1.165) is 12.5 Å². The highest BCUT2D eigenvalue weighted by Gasteiger charge is 1.79. The van der Waals surface area contributed by atoms with Crippen molar-refractivity contribution in [3.63, 3.8) is 0 Å². The average Bonchev–Trinajstić information content (AvgIpc) is 1.61. The molecule has 2 N–H and O–H groups in total. The molecule has 0 unspecified atom stereocenters. The molecule has 3 heteroatoms. The van der Waals surface area contributed by atoms with Crippen LogP contribution < -0.4 is 5.73 Å². The van der Waals surface area contributed by atoms with Gasteiger partial charge >= 0.3 is 0 Å². The van der Waals surface area contributed by atoms with Crippen LogP contribution in [0.25, 0.3) is 0 Å². The molecule has 0 aliphatic rings. The van der Waals surface area contributed by atoms with Gasteiger partial charge in [-0.2, -0.15) is 0 Å². The molecule has 0 aromatic heterocycles. The molecular formula is C3H10NOSi. The lowest BCUT2D eigenvalue weighted by molar-refractivity contribution is 0.471. The lowest BCUT2D eigenvalue weighted by Gasteiger charge is -1.83. The third-order valence-electron chi connectivity index (χ3n) is 0.598. The Hall–Kier alpha value is 0.137. The van der Waals surface area contributed by atoms with Crippen LogP contribution in [0.3, 0.4) is 0 Å². The van der Waals surface area contributed by atoms with Crippen LogP contribution in [0.1, 0.15) is 6.42 Å². The van der Waals surface area contributed by atoms with E-state index in [0.29, 0.717) is 6.54 Å². The van der Waals surface area contributed by atoms with Gasteiger partial charge in [0.05, 0.1) is 0 Å². The van der Waals surface area contributed by atoms with Crippen LogP contribution in [-0.2, 0) is 4.80 Å². The Morgan fingerprint density at radius 1 is 1.67 bits per heavy atom. The van der Waals surface area contributed by atoms with Crippen molar-refractivity contribution in [1.82, 2.24) is 0 Å². The van der Waals surface area contributed by atoms with Gasteiger partial charge in [0.1, 0.15) is 0 Å². The Kier molecular flexibility index (Phi) is 5.25. The zero-order valence-electron chi connectivity index (χ0n) is 3.81. The van der Waals surface area contributed by atoms with Crippen molar-refractivity contribution in [3.8, 4) is 0 Å². The Bertz CT molecular complexity index is 22.8. The third-order valence-corrected chi connectivity index (χ3v) is 1.39. The summed E-state index contributed by atoms with van der Waals surface area (Å²) in [7, 11) is -0.927. The normalized spacial score (nSPS) is 11.0. The van der Waals surface area contributed by atoms with Gasteiger partial charge in [0.2, 0.25) is 9.76 Å². The highest BCUT2D eigenvalue weighted by Crippen LogP contribution is 1.79. The predicted molar refractivity (Wildman–Crippen MR) is 27.7 cm³/mol. The van der Waals surface area contributed by atoms with Crippen LogP contribution in [0.2, 0.25) is 6.04 Å². The molecule has 37 valence electrons. The van der Waals surface area contributed by atoms with Gasteiger partial charge in [0, 0.05) is 0 Å². The van der Waals surface area contributed by atoms with Crippen molar-refractivity contribution in [1.29, 1.82) is 0 Å². The number of hydrogen-bond acceptors (Lipinski definition) is 1. The minimum atomic E-state index is -0.927. The molecule has 0 fully saturated rings. The van der Waals surface area contributed by atoms with E-state index in [4.69, 9.17) is 5.73 Å². The Balaban J connectivity index is 2.34. The quantitative estimate of drug-likeness (QED) is 0.372. The maximum atomic E-state index is 9.77. The maximum Gasteiger partial charge on any atom is 0.207 e. The molecule has 0 bridgehead atoms. The second-order valence-corrected chi connectivity index (χ2v) is 2.32. The van der Waals surface area contributed by atoms with Crippen LogP contribution in [0.5, 0.6) is 0 Å². The zero-order chi connectivity index (χ0) is 4.83. The van der Waals surface area contributed by atoms with E-state index < -0.39 is 9.76 Å².